The van der Waals surface area contributed by atoms with E-state index in [1.54, 1.807) is 6.92 Å². The molecule has 0 aromatic heterocycles. The van der Waals surface area contributed by atoms with E-state index in [4.69, 9.17) is 0 Å². The molecule has 0 N–H and O–H groups in total. The Balaban J connectivity index is 2.55. The van der Waals surface area contributed by atoms with E-state index in [0.29, 0.717) is 6.42 Å². The number of hydrogen-bond donors (Lipinski definition) is 0. The zero-order valence-electron chi connectivity index (χ0n) is 12.8. The van der Waals surface area contributed by atoms with Crippen LogP contribution in [-0.4, -0.2) is 21.4 Å². The molecule has 2 aromatic rings. The van der Waals surface area contributed by atoms with Gasteiger partial charge in [0.1, 0.15) is 11.6 Å². The molecule has 0 spiro atoms. The highest BCUT2D eigenvalue weighted by Gasteiger charge is 2.39. The Morgan fingerprint density at radius 3 is 1.38 bits per heavy atom. The van der Waals surface area contributed by atoms with E-state index in [1.165, 1.54) is 0 Å². The van der Waals surface area contributed by atoms with Crippen molar-refractivity contribution in [1.82, 2.24) is 0 Å². The maximum atomic E-state index is 13.0. The monoisotopic (exact) mass is 374 g/mol. The molecule has 130 valence electrons. The first-order valence-electron chi connectivity index (χ1n) is 7.18. The fraction of sp³-hybridized carbons (Fsp3) is 0.250. The Labute approximate surface area is 140 Å². The van der Waals surface area contributed by atoms with Crippen LogP contribution in [0.4, 0.5) is 8.78 Å². The molecule has 0 saturated heterocycles. The largest absolute Gasteiger partial charge is 0.222 e. The van der Waals surface area contributed by atoms with Crippen LogP contribution in [0.2, 0.25) is 0 Å². The smallest absolute Gasteiger partial charge is 0.195 e. The van der Waals surface area contributed by atoms with E-state index in [2.05, 4.69) is 0 Å². The standard InChI is InChI=1S/C16H16F2O4S2/c1-2-3-16(23(19,20)14-8-4-12(17)5-9-14)24(21,22)15-10-6-13(18)7-11-15/h4-11,16H,2-3H2,1H3. The van der Waals surface area contributed by atoms with Gasteiger partial charge in [0.05, 0.1) is 9.79 Å². The maximum Gasteiger partial charge on any atom is 0.195 e. The van der Waals surface area contributed by atoms with E-state index in [-0.39, 0.29) is 16.2 Å². The highest BCUT2D eigenvalue weighted by atomic mass is 32.3. The molecule has 0 unspecified atom stereocenters. The lowest BCUT2D eigenvalue weighted by Gasteiger charge is -2.18. The minimum absolute atomic E-state index is 0.126. The van der Waals surface area contributed by atoms with Gasteiger partial charge in [0, 0.05) is 0 Å². The summed E-state index contributed by atoms with van der Waals surface area (Å²) in [7, 11) is -8.49. The molecule has 0 atom stereocenters. The van der Waals surface area contributed by atoms with Gasteiger partial charge in [-0.1, -0.05) is 13.3 Å². The molecule has 0 aliphatic heterocycles. The van der Waals surface area contributed by atoms with Crippen LogP contribution in [0.15, 0.2) is 58.3 Å². The molecule has 0 radical (unpaired) electrons. The van der Waals surface area contributed by atoms with Crippen LogP contribution in [0.3, 0.4) is 0 Å². The summed E-state index contributed by atoms with van der Waals surface area (Å²) in [5.41, 5.74) is 0. The minimum Gasteiger partial charge on any atom is -0.222 e. The van der Waals surface area contributed by atoms with Crippen molar-refractivity contribution in [3.8, 4) is 0 Å². The number of hydrogen-bond acceptors (Lipinski definition) is 4. The Morgan fingerprint density at radius 2 is 1.08 bits per heavy atom. The van der Waals surface area contributed by atoms with E-state index in [9.17, 15) is 25.6 Å². The van der Waals surface area contributed by atoms with Crippen molar-refractivity contribution in [1.29, 1.82) is 0 Å². The summed E-state index contributed by atoms with van der Waals surface area (Å²) < 4.78 is 75.3. The fourth-order valence-corrected chi connectivity index (χ4v) is 7.00. The first kappa shape index (κ1) is 18.5. The van der Waals surface area contributed by atoms with Crippen LogP contribution in [0, 0.1) is 11.6 Å². The molecular weight excluding hydrogens is 358 g/mol. The van der Waals surface area contributed by atoms with Crippen molar-refractivity contribution in [3.63, 3.8) is 0 Å². The molecule has 0 fully saturated rings. The van der Waals surface area contributed by atoms with Crippen molar-refractivity contribution in [2.24, 2.45) is 0 Å². The van der Waals surface area contributed by atoms with Gasteiger partial charge in [0.15, 0.2) is 24.3 Å². The predicted molar refractivity (Wildman–Crippen MR) is 85.9 cm³/mol. The Bertz CT molecular complexity index is 828. The first-order chi connectivity index (χ1) is 11.2. The van der Waals surface area contributed by atoms with E-state index in [1.807, 2.05) is 0 Å². The summed E-state index contributed by atoms with van der Waals surface area (Å²) in [6.45, 7) is 1.66. The van der Waals surface area contributed by atoms with Gasteiger partial charge in [-0.05, 0) is 55.0 Å². The van der Waals surface area contributed by atoms with Gasteiger partial charge in [-0.25, -0.2) is 25.6 Å². The summed E-state index contributed by atoms with van der Waals surface area (Å²) >= 11 is 0. The lowest BCUT2D eigenvalue weighted by atomic mass is 10.3. The first-order valence-corrected chi connectivity index (χ1v) is 10.3. The summed E-state index contributed by atoms with van der Waals surface area (Å²) in [4.78, 5) is -0.541. The third kappa shape index (κ3) is 3.64. The molecule has 0 saturated carbocycles. The van der Waals surface area contributed by atoms with E-state index < -0.39 is 35.9 Å². The molecule has 24 heavy (non-hydrogen) atoms. The fourth-order valence-electron chi connectivity index (χ4n) is 2.26. The average Bonchev–Trinajstić information content (AvgIpc) is 2.53. The number of benzene rings is 2. The minimum atomic E-state index is -4.24. The third-order valence-corrected chi connectivity index (χ3v) is 8.74. The van der Waals surface area contributed by atoms with Crippen LogP contribution in [0.5, 0.6) is 0 Å². The van der Waals surface area contributed by atoms with Crippen LogP contribution in [0.25, 0.3) is 0 Å². The second-order valence-corrected chi connectivity index (χ2v) is 9.78. The molecule has 0 heterocycles. The number of halogens is 2. The van der Waals surface area contributed by atoms with E-state index in [0.717, 1.165) is 48.5 Å². The zero-order chi connectivity index (χ0) is 18.0. The van der Waals surface area contributed by atoms with Gasteiger partial charge in [0.25, 0.3) is 0 Å². The maximum absolute atomic E-state index is 13.0. The van der Waals surface area contributed by atoms with Crippen molar-refractivity contribution in [3.05, 3.63) is 60.2 Å². The van der Waals surface area contributed by atoms with Crippen LogP contribution >= 0.6 is 0 Å². The Kier molecular flexibility index (Phi) is 5.39. The van der Waals surface area contributed by atoms with Gasteiger partial charge in [-0.15, -0.1) is 0 Å². The van der Waals surface area contributed by atoms with Gasteiger partial charge >= 0.3 is 0 Å². The zero-order valence-corrected chi connectivity index (χ0v) is 14.4. The highest BCUT2D eigenvalue weighted by molar-refractivity contribution is 8.09. The molecule has 2 rings (SSSR count). The van der Waals surface area contributed by atoms with Gasteiger partial charge in [0.2, 0.25) is 0 Å². The quantitative estimate of drug-likeness (QED) is 0.727. The molecular formula is C16H16F2O4S2. The predicted octanol–water partition coefficient (Wildman–Crippen LogP) is 3.34. The Hall–Kier alpha value is -1.80. The molecule has 0 aliphatic carbocycles. The van der Waals surface area contributed by atoms with Crippen molar-refractivity contribution >= 4 is 19.7 Å². The number of sulfone groups is 2. The van der Waals surface area contributed by atoms with Gasteiger partial charge in [-0.2, -0.15) is 0 Å². The number of rotatable bonds is 6. The average molecular weight is 374 g/mol. The third-order valence-electron chi connectivity index (χ3n) is 3.50. The molecule has 4 nitrogen and oxygen atoms in total. The van der Waals surface area contributed by atoms with Crippen molar-refractivity contribution in [2.45, 2.75) is 34.1 Å². The van der Waals surface area contributed by atoms with E-state index >= 15 is 0 Å². The molecule has 0 amide bonds. The molecule has 0 aliphatic rings. The summed E-state index contributed by atoms with van der Waals surface area (Å²) in [6, 6.07) is 7.98. The normalized spacial score (nSPS) is 12.5. The van der Waals surface area contributed by atoms with Crippen LogP contribution in [0.1, 0.15) is 19.8 Å². The van der Waals surface area contributed by atoms with Crippen molar-refractivity contribution < 1.29 is 25.6 Å². The molecule has 2 aromatic carbocycles. The van der Waals surface area contributed by atoms with Crippen LogP contribution in [-0.2, 0) is 19.7 Å². The lowest BCUT2D eigenvalue weighted by molar-refractivity contribution is 0.567. The summed E-state index contributed by atoms with van der Waals surface area (Å²) in [5, 5.41) is 0. The topological polar surface area (TPSA) is 68.3 Å². The van der Waals surface area contributed by atoms with Gasteiger partial charge < -0.3 is 0 Å². The summed E-state index contributed by atoms with van der Waals surface area (Å²) in [6.07, 6.45) is 0.185. The van der Waals surface area contributed by atoms with Crippen molar-refractivity contribution in [2.75, 3.05) is 0 Å². The SMILES string of the molecule is CCCC(S(=O)(=O)c1ccc(F)cc1)S(=O)(=O)c1ccc(F)cc1. The van der Waals surface area contributed by atoms with Crippen LogP contribution < -0.4 is 0 Å². The van der Waals surface area contributed by atoms with Gasteiger partial charge in [-0.3, -0.25) is 0 Å². The highest BCUT2D eigenvalue weighted by Crippen LogP contribution is 2.29. The summed E-state index contributed by atoms with van der Waals surface area (Å²) in [5.74, 6) is -1.25. The Morgan fingerprint density at radius 1 is 0.750 bits per heavy atom. The molecule has 0 bridgehead atoms. The molecule has 8 heteroatoms. The lowest BCUT2D eigenvalue weighted by Crippen LogP contribution is -2.30. The second-order valence-electron chi connectivity index (χ2n) is 5.22. The second kappa shape index (κ2) is 6.98.